The lowest BCUT2D eigenvalue weighted by Gasteiger charge is -2.10. The molecule has 0 fully saturated rings. The minimum Gasteiger partial charge on any atom is -0.432 e. The number of benzene rings is 1. The molecule has 1 rings (SSSR count). The van der Waals surface area contributed by atoms with Gasteiger partial charge in [-0.3, -0.25) is 4.79 Å². The van der Waals surface area contributed by atoms with E-state index in [4.69, 9.17) is 23.2 Å². The average Bonchev–Trinajstić information content (AvgIpc) is 2.11. The van der Waals surface area contributed by atoms with Crippen molar-refractivity contribution in [3.8, 4) is 5.75 Å². The number of hydrogen-bond acceptors (Lipinski definition) is 2. The van der Waals surface area contributed by atoms with Crippen LogP contribution in [0, 0.1) is 0 Å². The number of carbonyl (C=O) groups excluding carboxylic acids is 1. The van der Waals surface area contributed by atoms with E-state index in [9.17, 15) is 13.6 Å². The highest BCUT2D eigenvalue weighted by atomic mass is 35.5. The van der Waals surface area contributed by atoms with E-state index >= 15 is 0 Å². The largest absolute Gasteiger partial charge is 0.432 e. The highest BCUT2D eigenvalue weighted by Crippen LogP contribution is 2.36. The Morgan fingerprint density at radius 1 is 1.33 bits per heavy atom. The molecule has 0 heterocycles. The van der Waals surface area contributed by atoms with Crippen molar-refractivity contribution in [2.75, 3.05) is 5.32 Å². The van der Waals surface area contributed by atoms with Gasteiger partial charge in [0.1, 0.15) is 0 Å². The van der Waals surface area contributed by atoms with Crippen molar-refractivity contribution in [2.24, 2.45) is 0 Å². The summed E-state index contributed by atoms with van der Waals surface area (Å²) in [4.78, 5) is 10.1. The molecule has 1 aromatic carbocycles. The van der Waals surface area contributed by atoms with Gasteiger partial charge in [0.05, 0.1) is 10.0 Å². The van der Waals surface area contributed by atoms with Gasteiger partial charge in [-0.05, 0) is 12.1 Å². The molecule has 0 spiro atoms. The van der Waals surface area contributed by atoms with E-state index in [1.807, 2.05) is 0 Å². The second-order valence-corrected chi connectivity index (χ2v) is 3.22. The van der Waals surface area contributed by atoms with Crippen LogP contribution in [0.25, 0.3) is 0 Å². The Bertz CT molecular complexity index is 351. The molecule has 0 aliphatic carbocycles. The van der Waals surface area contributed by atoms with Gasteiger partial charge in [0.15, 0.2) is 5.75 Å². The molecule has 0 saturated carbocycles. The topological polar surface area (TPSA) is 38.3 Å². The lowest BCUT2D eigenvalue weighted by atomic mass is 10.3. The summed E-state index contributed by atoms with van der Waals surface area (Å²) in [7, 11) is 0. The maximum absolute atomic E-state index is 11.9. The first-order valence-electron chi connectivity index (χ1n) is 3.68. The Morgan fingerprint density at radius 3 is 2.27 bits per heavy atom. The van der Waals surface area contributed by atoms with Gasteiger partial charge in [-0.15, -0.1) is 0 Å². The first kappa shape index (κ1) is 12.0. The predicted molar refractivity (Wildman–Crippen MR) is 52.8 cm³/mol. The second-order valence-electron chi connectivity index (χ2n) is 2.41. The summed E-state index contributed by atoms with van der Waals surface area (Å²) in [5, 5.41) is 2.07. The van der Waals surface area contributed by atoms with E-state index in [0.29, 0.717) is 12.1 Å². The molecular weight excluding hydrogens is 251 g/mol. The Balaban J connectivity index is 3.03. The molecule has 0 aliphatic rings. The normalized spacial score (nSPS) is 10.2. The summed E-state index contributed by atoms with van der Waals surface area (Å²) in [5.41, 5.74) is 0.293. The van der Waals surface area contributed by atoms with Crippen LogP contribution in [0.15, 0.2) is 12.1 Å². The number of amides is 1. The molecule has 1 N–H and O–H groups in total. The van der Waals surface area contributed by atoms with Gasteiger partial charge in [-0.25, -0.2) is 0 Å². The second kappa shape index (κ2) is 5.14. The third kappa shape index (κ3) is 3.21. The van der Waals surface area contributed by atoms with Gasteiger partial charge in [0, 0.05) is 5.69 Å². The highest BCUT2D eigenvalue weighted by Gasteiger charge is 2.13. The quantitative estimate of drug-likeness (QED) is 0.840. The number of nitrogens with one attached hydrogen (secondary N) is 1. The zero-order chi connectivity index (χ0) is 11.4. The van der Waals surface area contributed by atoms with Gasteiger partial charge in [-0.1, -0.05) is 23.2 Å². The molecular formula is C8H5Cl2F2NO2. The van der Waals surface area contributed by atoms with Crippen LogP contribution in [0.4, 0.5) is 14.5 Å². The first-order chi connectivity index (χ1) is 7.04. The van der Waals surface area contributed by atoms with Crippen molar-refractivity contribution in [1.29, 1.82) is 0 Å². The highest BCUT2D eigenvalue weighted by molar-refractivity contribution is 6.37. The fraction of sp³-hybridized carbons (Fsp3) is 0.125. The summed E-state index contributed by atoms with van der Waals surface area (Å²) in [6, 6.07) is 2.50. The smallest absolute Gasteiger partial charge is 0.387 e. The lowest BCUT2D eigenvalue weighted by Crippen LogP contribution is -2.03. The minimum atomic E-state index is -3.01. The fourth-order valence-corrected chi connectivity index (χ4v) is 1.49. The molecule has 1 aromatic rings. The third-order valence-electron chi connectivity index (χ3n) is 1.43. The van der Waals surface area contributed by atoms with Crippen molar-refractivity contribution >= 4 is 35.3 Å². The van der Waals surface area contributed by atoms with Gasteiger partial charge >= 0.3 is 6.61 Å². The summed E-state index contributed by atoms with van der Waals surface area (Å²) in [6.45, 7) is -3.01. The Kier molecular flexibility index (Phi) is 4.11. The summed E-state index contributed by atoms with van der Waals surface area (Å²) in [6.07, 6.45) is 0.412. The van der Waals surface area contributed by atoms with Gasteiger partial charge in [-0.2, -0.15) is 8.78 Å². The molecule has 0 aromatic heterocycles. The van der Waals surface area contributed by atoms with Crippen LogP contribution in [-0.4, -0.2) is 13.0 Å². The number of halogens is 4. The van der Waals surface area contributed by atoms with Crippen LogP contribution in [-0.2, 0) is 4.79 Å². The molecule has 0 radical (unpaired) electrons. The molecule has 0 aliphatic heterocycles. The molecule has 0 saturated heterocycles. The number of alkyl halides is 2. The van der Waals surface area contributed by atoms with E-state index in [0.717, 1.165) is 0 Å². The van der Waals surface area contributed by atoms with Crippen LogP contribution in [0.2, 0.25) is 10.0 Å². The molecule has 0 unspecified atom stereocenters. The maximum Gasteiger partial charge on any atom is 0.387 e. The van der Waals surface area contributed by atoms with Crippen molar-refractivity contribution in [3.05, 3.63) is 22.2 Å². The lowest BCUT2D eigenvalue weighted by molar-refractivity contribution is -0.105. The van der Waals surface area contributed by atoms with Crippen LogP contribution < -0.4 is 10.1 Å². The first-order valence-corrected chi connectivity index (χ1v) is 4.44. The van der Waals surface area contributed by atoms with E-state index in [1.165, 1.54) is 12.1 Å². The number of anilines is 1. The Labute approximate surface area is 93.9 Å². The summed E-state index contributed by atoms with van der Waals surface area (Å²) >= 11 is 11.2. The molecule has 3 nitrogen and oxygen atoms in total. The Hall–Kier alpha value is -1.07. The van der Waals surface area contributed by atoms with Crippen LogP contribution in [0.1, 0.15) is 0 Å². The van der Waals surface area contributed by atoms with Crippen molar-refractivity contribution in [2.45, 2.75) is 6.61 Å². The third-order valence-corrected chi connectivity index (χ3v) is 1.99. The number of ether oxygens (including phenoxy) is 1. The van der Waals surface area contributed by atoms with Gasteiger partial charge in [0.2, 0.25) is 6.41 Å². The molecule has 1 amide bonds. The number of carbonyl (C=O) groups is 1. The van der Waals surface area contributed by atoms with Crippen molar-refractivity contribution < 1.29 is 18.3 Å². The van der Waals surface area contributed by atoms with E-state index in [1.54, 1.807) is 0 Å². The van der Waals surface area contributed by atoms with E-state index in [2.05, 4.69) is 10.1 Å². The minimum absolute atomic E-state index is 0.104. The fourth-order valence-electron chi connectivity index (χ4n) is 0.913. The number of hydrogen-bond donors (Lipinski definition) is 1. The SMILES string of the molecule is O=CNc1cc(Cl)c(OC(F)F)c(Cl)c1. The van der Waals surface area contributed by atoms with Crippen LogP contribution in [0.5, 0.6) is 5.75 Å². The molecule has 0 atom stereocenters. The Morgan fingerprint density at radius 2 is 1.87 bits per heavy atom. The number of rotatable bonds is 4. The zero-order valence-corrected chi connectivity index (χ0v) is 8.65. The van der Waals surface area contributed by atoms with Crippen molar-refractivity contribution in [3.63, 3.8) is 0 Å². The predicted octanol–water partition coefficient (Wildman–Crippen LogP) is 3.16. The maximum atomic E-state index is 11.9. The van der Waals surface area contributed by atoms with Gasteiger partial charge < -0.3 is 10.1 Å². The summed E-state index contributed by atoms with van der Waals surface area (Å²) < 4.78 is 27.9. The van der Waals surface area contributed by atoms with E-state index in [-0.39, 0.29) is 15.8 Å². The summed E-state index contributed by atoms with van der Waals surface area (Å²) in [5.74, 6) is -0.315. The zero-order valence-electron chi connectivity index (χ0n) is 7.14. The average molecular weight is 256 g/mol. The standard InChI is InChI=1S/C8H5Cl2F2NO2/c9-5-1-4(13-3-14)2-6(10)7(5)15-8(11)12/h1-3,8H,(H,13,14). The molecule has 0 bridgehead atoms. The molecule has 15 heavy (non-hydrogen) atoms. The molecule has 7 heteroatoms. The molecule has 82 valence electrons. The monoisotopic (exact) mass is 255 g/mol. The van der Waals surface area contributed by atoms with E-state index < -0.39 is 6.61 Å². The van der Waals surface area contributed by atoms with Gasteiger partial charge in [0.25, 0.3) is 0 Å². The van der Waals surface area contributed by atoms with Crippen molar-refractivity contribution in [1.82, 2.24) is 0 Å². The van der Waals surface area contributed by atoms with Crippen LogP contribution in [0.3, 0.4) is 0 Å². The van der Waals surface area contributed by atoms with Crippen LogP contribution >= 0.6 is 23.2 Å².